The maximum absolute atomic E-state index is 6.18. The van der Waals surface area contributed by atoms with Gasteiger partial charge in [-0.15, -0.1) is 24.0 Å². The summed E-state index contributed by atoms with van der Waals surface area (Å²) < 4.78 is 7.12. The number of methoxy groups -OCH3 is 1. The highest BCUT2D eigenvalue weighted by Crippen LogP contribution is 2.48. The van der Waals surface area contributed by atoms with Crippen molar-refractivity contribution in [1.29, 1.82) is 0 Å². The van der Waals surface area contributed by atoms with E-state index >= 15 is 0 Å². The number of halogens is 2. The number of nitrogens with one attached hydrogen (secondary N) is 2. The molecule has 2 N–H and O–H groups in total. The second kappa shape index (κ2) is 9.61. The van der Waals surface area contributed by atoms with Crippen LogP contribution in [0.15, 0.2) is 29.3 Å². The van der Waals surface area contributed by atoms with Gasteiger partial charge in [0.1, 0.15) is 12.4 Å². The van der Waals surface area contributed by atoms with Crippen molar-refractivity contribution in [2.24, 2.45) is 4.99 Å². The van der Waals surface area contributed by atoms with Gasteiger partial charge in [0.05, 0.1) is 6.54 Å². The van der Waals surface area contributed by atoms with Crippen molar-refractivity contribution in [3.63, 3.8) is 0 Å². The van der Waals surface area contributed by atoms with Crippen LogP contribution in [-0.2, 0) is 29.7 Å². The first-order valence-electron chi connectivity index (χ1n) is 9.77. The molecule has 9 heteroatoms. The van der Waals surface area contributed by atoms with Gasteiger partial charge < -0.3 is 15.4 Å². The molecule has 1 saturated carbocycles. The fourth-order valence-electron chi connectivity index (χ4n) is 3.85. The van der Waals surface area contributed by atoms with E-state index in [0.29, 0.717) is 6.61 Å². The van der Waals surface area contributed by atoms with Gasteiger partial charge in [0, 0.05) is 43.6 Å². The molecule has 29 heavy (non-hydrogen) atoms. The highest BCUT2D eigenvalue weighted by molar-refractivity contribution is 14.0. The number of rotatable bonds is 6. The number of ether oxygens (including phenoxy) is 1. The summed E-state index contributed by atoms with van der Waals surface area (Å²) in [5, 5.41) is 12.4. The van der Waals surface area contributed by atoms with Gasteiger partial charge in [-0.05, 0) is 37.0 Å². The van der Waals surface area contributed by atoms with E-state index in [-0.39, 0.29) is 35.4 Å². The van der Waals surface area contributed by atoms with Crippen molar-refractivity contribution >= 4 is 41.5 Å². The quantitative estimate of drug-likeness (QED) is 0.341. The van der Waals surface area contributed by atoms with E-state index in [1.165, 1.54) is 18.4 Å². The lowest BCUT2D eigenvalue weighted by molar-refractivity contribution is 0.177. The Morgan fingerprint density at radius 2 is 2.24 bits per heavy atom. The van der Waals surface area contributed by atoms with E-state index < -0.39 is 0 Å². The molecule has 1 aromatic carbocycles. The number of benzene rings is 1. The Hall–Kier alpha value is -1.39. The van der Waals surface area contributed by atoms with Gasteiger partial charge >= 0.3 is 0 Å². The molecule has 1 unspecified atom stereocenters. The van der Waals surface area contributed by atoms with Gasteiger partial charge in [-0.3, -0.25) is 4.99 Å². The number of aromatic nitrogens is 3. The van der Waals surface area contributed by atoms with E-state index in [4.69, 9.17) is 16.3 Å². The Morgan fingerprint density at radius 1 is 1.41 bits per heavy atom. The van der Waals surface area contributed by atoms with Gasteiger partial charge in [-0.25, -0.2) is 9.67 Å². The molecule has 0 spiro atoms. The van der Waals surface area contributed by atoms with Crippen LogP contribution in [0.25, 0.3) is 0 Å². The zero-order chi connectivity index (χ0) is 19.6. The number of fused-ring (bicyclic) bond motifs is 1. The Balaban J connectivity index is 0.00000240. The van der Waals surface area contributed by atoms with E-state index in [1.807, 2.05) is 23.9 Å². The van der Waals surface area contributed by atoms with Crippen molar-refractivity contribution < 1.29 is 4.74 Å². The van der Waals surface area contributed by atoms with E-state index in [9.17, 15) is 0 Å². The van der Waals surface area contributed by atoms with Crippen LogP contribution in [0, 0.1) is 0 Å². The monoisotopic (exact) mass is 530 g/mol. The van der Waals surface area contributed by atoms with Crippen molar-refractivity contribution in [1.82, 2.24) is 25.4 Å². The molecule has 1 aliphatic heterocycles. The van der Waals surface area contributed by atoms with E-state index in [0.717, 1.165) is 48.6 Å². The summed E-state index contributed by atoms with van der Waals surface area (Å²) in [5.74, 6) is 2.61. The Bertz CT molecular complexity index is 866. The zero-order valence-electron chi connectivity index (χ0n) is 16.8. The lowest BCUT2D eigenvalue weighted by Crippen LogP contribution is -2.48. The van der Waals surface area contributed by atoms with Crippen molar-refractivity contribution in [3.8, 4) is 0 Å². The molecule has 0 amide bonds. The van der Waals surface area contributed by atoms with Gasteiger partial charge in [0.15, 0.2) is 11.8 Å². The van der Waals surface area contributed by atoms with Gasteiger partial charge in [-0.2, -0.15) is 5.10 Å². The minimum atomic E-state index is 0. The summed E-state index contributed by atoms with van der Waals surface area (Å²) in [4.78, 5) is 8.95. The van der Waals surface area contributed by atoms with Crippen LogP contribution >= 0.6 is 35.6 Å². The number of hydrogen-bond donors (Lipinski definition) is 2. The maximum atomic E-state index is 6.18. The number of nitrogens with zero attached hydrogens (tertiary/aromatic N) is 4. The zero-order valence-corrected chi connectivity index (χ0v) is 19.9. The Labute approximate surface area is 193 Å². The minimum Gasteiger partial charge on any atom is -0.377 e. The van der Waals surface area contributed by atoms with Crippen LogP contribution in [0.4, 0.5) is 0 Å². The molecular weight excluding hydrogens is 503 g/mol. The molecule has 158 valence electrons. The Morgan fingerprint density at radius 3 is 2.93 bits per heavy atom. The molecule has 7 nitrogen and oxygen atoms in total. The summed E-state index contributed by atoms with van der Waals surface area (Å²) >= 11 is 6.18. The third kappa shape index (κ3) is 5.21. The van der Waals surface area contributed by atoms with Gasteiger partial charge in [-0.1, -0.05) is 23.7 Å². The largest absolute Gasteiger partial charge is 0.377 e. The SMILES string of the molecule is CN=C(NCC1(c2cccc(Cl)c2)CC1)NC1CCc2nc(COC)nn2C1.I. The first-order valence-corrected chi connectivity index (χ1v) is 10.1. The molecule has 1 aromatic heterocycles. The van der Waals surface area contributed by atoms with Gasteiger partial charge in [0.25, 0.3) is 0 Å². The van der Waals surface area contributed by atoms with Crippen LogP contribution in [0.2, 0.25) is 5.02 Å². The van der Waals surface area contributed by atoms with Crippen LogP contribution in [-0.4, -0.2) is 47.5 Å². The van der Waals surface area contributed by atoms with Gasteiger partial charge in [0.2, 0.25) is 0 Å². The second-order valence-corrected chi connectivity index (χ2v) is 8.09. The number of hydrogen-bond acceptors (Lipinski definition) is 4. The fraction of sp³-hybridized carbons (Fsp3) is 0.550. The third-order valence-corrected chi connectivity index (χ3v) is 5.86. The average molecular weight is 531 g/mol. The highest BCUT2D eigenvalue weighted by atomic mass is 127. The topological polar surface area (TPSA) is 76.4 Å². The first kappa shape index (κ1) is 22.3. The first-order chi connectivity index (χ1) is 13.6. The van der Waals surface area contributed by atoms with Crippen LogP contribution in [0.1, 0.15) is 36.5 Å². The van der Waals surface area contributed by atoms with Crippen molar-refractivity contribution in [2.45, 2.75) is 50.3 Å². The fourth-order valence-corrected chi connectivity index (χ4v) is 4.04. The standard InChI is InChI=1S/C20H27ClN6O.HI/c1-22-19(23-13-20(8-9-20)14-4-3-5-15(21)10-14)24-16-6-7-18-25-17(12-28-2)26-27(18)11-16;/h3-5,10,16H,6-9,11-13H2,1-2H3,(H2,22,23,24);1H. The molecule has 2 heterocycles. The van der Waals surface area contributed by atoms with Crippen LogP contribution in [0.5, 0.6) is 0 Å². The number of aryl methyl sites for hydroxylation is 1. The molecule has 0 saturated heterocycles. The van der Waals surface area contributed by atoms with Crippen molar-refractivity contribution in [2.75, 3.05) is 20.7 Å². The van der Waals surface area contributed by atoms with E-state index in [1.54, 1.807) is 7.11 Å². The minimum absolute atomic E-state index is 0. The molecule has 1 aliphatic carbocycles. The smallest absolute Gasteiger partial charge is 0.191 e. The molecule has 1 fully saturated rings. The molecule has 0 bridgehead atoms. The maximum Gasteiger partial charge on any atom is 0.191 e. The average Bonchev–Trinajstić information content (AvgIpc) is 3.38. The molecule has 4 rings (SSSR count). The predicted octanol–water partition coefficient (Wildman–Crippen LogP) is 2.91. The molecule has 2 aromatic rings. The lowest BCUT2D eigenvalue weighted by atomic mass is 9.96. The van der Waals surface area contributed by atoms with Crippen molar-refractivity contribution in [3.05, 3.63) is 46.5 Å². The highest BCUT2D eigenvalue weighted by Gasteiger charge is 2.44. The summed E-state index contributed by atoms with van der Waals surface area (Å²) in [6.45, 7) is 2.09. The predicted molar refractivity (Wildman–Crippen MR) is 125 cm³/mol. The molecule has 0 radical (unpaired) electrons. The summed E-state index contributed by atoms with van der Waals surface area (Å²) in [7, 11) is 3.48. The number of guanidine groups is 1. The number of aliphatic imine (C=N–C) groups is 1. The Kier molecular flexibility index (Phi) is 7.39. The summed E-state index contributed by atoms with van der Waals surface area (Å²) in [6, 6.07) is 8.48. The van der Waals surface area contributed by atoms with E-state index in [2.05, 4.69) is 37.8 Å². The van der Waals surface area contributed by atoms with Crippen LogP contribution in [0.3, 0.4) is 0 Å². The van der Waals surface area contributed by atoms with Crippen LogP contribution < -0.4 is 10.6 Å². The second-order valence-electron chi connectivity index (χ2n) is 7.66. The molecular formula is C20H28ClIN6O. The lowest BCUT2D eigenvalue weighted by Gasteiger charge is -2.26. The molecule has 1 atom stereocenters. The third-order valence-electron chi connectivity index (χ3n) is 5.62. The molecule has 2 aliphatic rings. The normalized spacial score (nSPS) is 19.8. The summed E-state index contributed by atoms with van der Waals surface area (Å²) in [5.41, 5.74) is 1.47. The summed E-state index contributed by atoms with van der Waals surface area (Å²) in [6.07, 6.45) is 4.25.